The van der Waals surface area contributed by atoms with Crippen molar-refractivity contribution in [3.8, 4) is 5.75 Å². The number of phenolic OH excluding ortho intramolecular Hbond substituents is 1. The van der Waals surface area contributed by atoms with Gasteiger partial charge in [0.15, 0.2) is 5.78 Å². The number of benzene rings is 1. The summed E-state index contributed by atoms with van der Waals surface area (Å²) in [6.45, 7) is 3.43. The van der Waals surface area contributed by atoms with Crippen LogP contribution < -0.4 is 0 Å². The highest BCUT2D eigenvalue weighted by molar-refractivity contribution is 5.96. The molecule has 64 valence electrons. The average molecular weight is 166 g/mol. The lowest BCUT2D eigenvalue weighted by Gasteiger charge is -1.96. The number of aromatic hydroxyl groups is 1. The van der Waals surface area contributed by atoms with Gasteiger partial charge in [0.25, 0.3) is 0 Å². The molecule has 0 saturated heterocycles. The summed E-state index contributed by atoms with van der Waals surface area (Å²) in [6.07, 6.45) is 0. The van der Waals surface area contributed by atoms with Gasteiger partial charge in [-0.25, -0.2) is 0 Å². The van der Waals surface area contributed by atoms with Crippen LogP contribution in [0, 0.1) is 0 Å². The third kappa shape index (κ3) is 2.54. The monoisotopic (exact) mass is 166 g/mol. The molecule has 0 saturated carbocycles. The fourth-order valence-electron chi connectivity index (χ4n) is 0.771. The Kier molecular flexibility index (Phi) is 4.38. The molecule has 12 heavy (non-hydrogen) atoms. The van der Waals surface area contributed by atoms with E-state index >= 15 is 0 Å². The minimum Gasteiger partial charge on any atom is -0.507 e. The maximum absolute atomic E-state index is 10.7. The van der Waals surface area contributed by atoms with E-state index in [1.165, 1.54) is 13.0 Å². The van der Waals surface area contributed by atoms with E-state index < -0.39 is 0 Å². The first-order chi connectivity index (χ1) is 5.72. The molecule has 3 nitrogen and oxygen atoms in total. The first-order valence-electron chi connectivity index (χ1n) is 3.29. The Labute approximate surface area is 70.6 Å². The van der Waals surface area contributed by atoms with E-state index in [-0.39, 0.29) is 11.5 Å². The number of hydrogen-bond acceptors (Lipinski definition) is 3. The number of ketones is 1. The molecule has 1 rings (SSSR count). The van der Waals surface area contributed by atoms with Crippen LogP contribution in [0.2, 0.25) is 0 Å². The topological polar surface area (TPSA) is 54.4 Å². The van der Waals surface area contributed by atoms with Gasteiger partial charge < -0.3 is 9.90 Å². The Morgan fingerprint density at radius 3 is 2.17 bits per heavy atom. The summed E-state index contributed by atoms with van der Waals surface area (Å²) in [7, 11) is 0. The quantitative estimate of drug-likeness (QED) is 0.642. The van der Waals surface area contributed by atoms with Crippen LogP contribution in [0.5, 0.6) is 5.75 Å². The van der Waals surface area contributed by atoms with Gasteiger partial charge in [0.1, 0.15) is 12.5 Å². The first kappa shape index (κ1) is 10.4. The molecule has 0 aliphatic heterocycles. The second-order valence-corrected chi connectivity index (χ2v) is 2.07. The van der Waals surface area contributed by atoms with Crippen LogP contribution in [0.1, 0.15) is 17.3 Å². The second-order valence-electron chi connectivity index (χ2n) is 2.07. The molecule has 1 N–H and O–H groups in total. The van der Waals surface area contributed by atoms with Crippen molar-refractivity contribution >= 4 is 12.6 Å². The normalized spacial score (nSPS) is 8.08. The van der Waals surface area contributed by atoms with Crippen LogP contribution in [0.15, 0.2) is 24.3 Å². The Balaban J connectivity index is 0.000000561. The first-order valence-corrected chi connectivity index (χ1v) is 3.29. The molecule has 1 aromatic rings. The molecule has 0 aliphatic carbocycles. The Morgan fingerprint density at radius 2 is 1.83 bits per heavy atom. The molecular formula is C9H10O3. The van der Waals surface area contributed by atoms with Crippen LogP contribution in [0.3, 0.4) is 0 Å². The fourth-order valence-corrected chi connectivity index (χ4v) is 0.771. The van der Waals surface area contributed by atoms with Crippen molar-refractivity contribution in [3.63, 3.8) is 0 Å². The van der Waals surface area contributed by atoms with Gasteiger partial charge in [-0.15, -0.1) is 0 Å². The molecule has 0 atom stereocenters. The van der Waals surface area contributed by atoms with Crippen LogP contribution in [0.25, 0.3) is 0 Å². The molecule has 0 bridgehead atoms. The number of rotatable bonds is 1. The van der Waals surface area contributed by atoms with Gasteiger partial charge in [0.05, 0.1) is 5.56 Å². The molecule has 0 spiro atoms. The summed E-state index contributed by atoms with van der Waals surface area (Å²) in [5, 5.41) is 9.06. The minimum absolute atomic E-state index is 0.0509. The van der Waals surface area contributed by atoms with E-state index in [2.05, 4.69) is 0 Å². The summed E-state index contributed by atoms with van der Waals surface area (Å²) in [5.74, 6) is -0.0619. The van der Waals surface area contributed by atoms with Crippen molar-refractivity contribution in [2.45, 2.75) is 6.92 Å². The number of carbonyl (C=O) groups is 2. The summed E-state index contributed by atoms with van der Waals surface area (Å²) in [4.78, 5) is 18.7. The highest BCUT2D eigenvalue weighted by Gasteiger charge is 2.02. The molecule has 0 aliphatic rings. The van der Waals surface area contributed by atoms with E-state index in [9.17, 15) is 4.79 Å². The van der Waals surface area contributed by atoms with Gasteiger partial charge in [-0.2, -0.15) is 0 Å². The zero-order valence-electron chi connectivity index (χ0n) is 6.78. The third-order valence-corrected chi connectivity index (χ3v) is 1.28. The third-order valence-electron chi connectivity index (χ3n) is 1.28. The molecular weight excluding hydrogens is 156 g/mol. The lowest BCUT2D eigenvalue weighted by Crippen LogP contribution is -1.90. The lowest BCUT2D eigenvalue weighted by atomic mass is 10.1. The van der Waals surface area contributed by atoms with E-state index in [1.807, 2.05) is 6.79 Å². The van der Waals surface area contributed by atoms with Gasteiger partial charge >= 0.3 is 0 Å². The smallest absolute Gasteiger partial charge is 0.163 e. The SMILES string of the molecule is C=O.CC(=O)c1ccccc1O. The highest BCUT2D eigenvalue weighted by Crippen LogP contribution is 2.15. The molecule has 1 aromatic carbocycles. The van der Waals surface area contributed by atoms with Crippen molar-refractivity contribution in [2.24, 2.45) is 0 Å². The summed E-state index contributed by atoms with van der Waals surface area (Å²) >= 11 is 0. The van der Waals surface area contributed by atoms with Crippen molar-refractivity contribution in [3.05, 3.63) is 29.8 Å². The number of phenols is 1. The number of hydrogen-bond donors (Lipinski definition) is 1. The highest BCUT2D eigenvalue weighted by atomic mass is 16.3. The Morgan fingerprint density at radius 1 is 1.33 bits per heavy atom. The van der Waals surface area contributed by atoms with Gasteiger partial charge in [0, 0.05) is 0 Å². The lowest BCUT2D eigenvalue weighted by molar-refractivity contribution is -0.0979. The Bertz CT molecular complexity index is 268. The predicted molar refractivity (Wildman–Crippen MR) is 45.2 cm³/mol. The van der Waals surface area contributed by atoms with Crippen LogP contribution in [-0.4, -0.2) is 17.7 Å². The van der Waals surface area contributed by atoms with Crippen LogP contribution in [0.4, 0.5) is 0 Å². The molecule has 0 amide bonds. The zero-order valence-corrected chi connectivity index (χ0v) is 6.78. The van der Waals surface area contributed by atoms with E-state index in [0.29, 0.717) is 5.56 Å². The van der Waals surface area contributed by atoms with Gasteiger partial charge in [-0.3, -0.25) is 4.79 Å². The number of Topliss-reactive ketones (excluding diaryl/α,β-unsaturated/α-hetero) is 1. The van der Waals surface area contributed by atoms with Crippen molar-refractivity contribution in [1.29, 1.82) is 0 Å². The largest absolute Gasteiger partial charge is 0.507 e. The molecule has 0 unspecified atom stereocenters. The van der Waals surface area contributed by atoms with E-state index in [4.69, 9.17) is 9.90 Å². The number of para-hydroxylation sites is 1. The van der Waals surface area contributed by atoms with Crippen LogP contribution in [-0.2, 0) is 4.79 Å². The van der Waals surface area contributed by atoms with Gasteiger partial charge in [0.2, 0.25) is 0 Å². The molecule has 0 aromatic heterocycles. The van der Waals surface area contributed by atoms with Crippen LogP contribution >= 0.6 is 0 Å². The van der Waals surface area contributed by atoms with E-state index in [0.717, 1.165) is 0 Å². The summed E-state index contributed by atoms with van der Waals surface area (Å²) < 4.78 is 0. The Hall–Kier alpha value is -1.64. The minimum atomic E-state index is -0.113. The molecule has 0 radical (unpaired) electrons. The van der Waals surface area contributed by atoms with Crippen molar-refractivity contribution in [2.75, 3.05) is 0 Å². The van der Waals surface area contributed by atoms with Crippen molar-refractivity contribution in [1.82, 2.24) is 0 Å². The zero-order chi connectivity index (χ0) is 9.56. The standard InChI is InChI=1S/C8H8O2.CH2O/c1-6(9)7-4-2-3-5-8(7)10;1-2/h2-5,10H,1H3;1H2. The molecule has 3 heteroatoms. The maximum atomic E-state index is 10.7. The predicted octanol–water partition coefficient (Wildman–Crippen LogP) is 1.41. The van der Waals surface area contributed by atoms with Gasteiger partial charge in [-0.05, 0) is 19.1 Å². The number of carbonyl (C=O) groups excluding carboxylic acids is 2. The van der Waals surface area contributed by atoms with Gasteiger partial charge in [-0.1, -0.05) is 12.1 Å². The van der Waals surface area contributed by atoms with Crippen molar-refractivity contribution < 1.29 is 14.7 Å². The second kappa shape index (κ2) is 5.07. The summed E-state index contributed by atoms with van der Waals surface area (Å²) in [6, 6.07) is 6.49. The summed E-state index contributed by atoms with van der Waals surface area (Å²) in [5.41, 5.74) is 0.377. The maximum Gasteiger partial charge on any atom is 0.163 e. The molecule has 0 fully saturated rings. The fraction of sp³-hybridized carbons (Fsp3) is 0.111. The molecule has 0 heterocycles. The average Bonchev–Trinajstić information content (AvgIpc) is 2.08. The van der Waals surface area contributed by atoms with E-state index in [1.54, 1.807) is 18.2 Å².